The normalized spacial score (nSPS) is 13.4. The molecule has 1 N–H and O–H groups in total. The molecule has 0 atom stereocenters. The number of aromatic amines is 1. The van der Waals surface area contributed by atoms with E-state index in [1.807, 2.05) is 12.1 Å². The average Bonchev–Trinajstić information content (AvgIpc) is 3.09. The van der Waals surface area contributed by atoms with Crippen molar-refractivity contribution in [3.63, 3.8) is 0 Å². The highest BCUT2D eigenvalue weighted by atomic mass is 32.2. The van der Waals surface area contributed by atoms with E-state index in [4.69, 9.17) is 9.47 Å². The lowest BCUT2D eigenvalue weighted by atomic mass is 10.1. The minimum absolute atomic E-state index is 0.183. The molecule has 0 fully saturated rings. The number of aromatic nitrogens is 4. The molecule has 0 aliphatic carbocycles. The molecule has 0 spiro atoms. The minimum Gasteiger partial charge on any atom is -0.467 e. The Kier molecular flexibility index (Phi) is 4.14. The molecule has 1 aliphatic heterocycles. The Bertz CT molecular complexity index is 857. The molecule has 1 aromatic carbocycles. The quantitative estimate of drug-likeness (QED) is 0.733. The number of fused-ring (bicyclic) bond motifs is 1. The van der Waals surface area contributed by atoms with Gasteiger partial charge in [-0.25, -0.2) is 9.37 Å². The molecule has 6 nitrogen and oxygen atoms in total. The van der Waals surface area contributed by atoms with E-state index in [0.29, 0.717) is 29.1 Å². The number of ether oxygens (including phenoxy) is 2. The number of H-pyrrole nitrogens is 1. The van der Waals surface area contributed by atoms with E-state index in [1.165, 1.54) is 23.9 Å². The smallest absolute Gasteiger partial charge is 0.209 e. The van der Waals surface area contributed by atoms with Crippen molar-refractivity contribution in [3.8, 4) is 17.1 Å². The molecule has 4 rings (SSSR count). The van der Waals surface area contributed by atoms with Crippen molar-refractivity contribution >= 4 is 11.8 Å². The Balaban J connectivity index is 1.52. The lowest BCUT2D eigenvalue weighted by Crippen LogP contribution is -2.13. The van der Waals surface area contributed by atoms with Crippen LogP contribution in [0.3, 0.4) is 0 Å². The number of hydrogen-bond donors (Lipinski definition) is 1. The number of nitrogens with zero attached hydrogens (tertiary/aromatic N) is 3. The Morgan fingerprint density at radius 1 is 1.33 bits per heavy atom. The van der Waals surface area contributed by atoms with Gasteiger partial charge in [0, 0.05) is 34.8 Å². The predicted octanol–water partition coefficient (Wildman–Crippen LogP) is 3.16. The van der Waals surface area contributed by atoms with Crippen LogP contribution >= 0.6 is 11.8 Å². The third-order valence-electron chi connectivity index (χ3n) is 3.51. The van der Waals surface area contributed by atoms with E-state index in [1.54, 1.807) is 12.4 Å². The van der Waals surface area contributed by atoms with Crippen LogP contribution in [0.15, 0.2) is 41.8 Å². The highest BCUT2D eigenvalue weighted by Crippen LogP contribution is 2.33. The maximum Gasteiger partial charge on any atom is 0.209 e. The lowest BCUT2D eigenvalue weighted by Gasteiger charge is -2.20. The van der Waals surface area contributed by atoms with E-state index in [9.17, 15) is 4.39 Å². The molecule has 0 amide bonds. The van der Waals surface area contributed by atoms with Crippen LogP contribution in [-0.2, 0) is 17.1 Å². The van der Waals surface area contributed by atoms with Crippen LogP contribution in [0.4, 0.5) is 4.39 Å². The Hall–Kier alpha value is -2.45. The van der Waals surface area contributed by atoms with Gasteiger partial charge in [-0.15, -0.1) is 5.10 Å². The van der Waals surface area contributed by atoms with Gasteiger partial charge in [0.25, 0.3) is 0 Å². The van der Waals surface area contributed by atoms with Crippen LogP contribution in [0.5, 0.6) is 5.75 Å². The van der Waals surface area contributed by atoms with Gasteiger partial charge in [0.15, 0.2) is 12.6 Å². The van der Waals surface area contributed by atoms with Crippen molar-refractivity contribution in [2.45, 2.75) is 17.5 Å². The van der Waals surface area contributed by atoms with E-state index < -0.39 is 0 Å². The highest BCUT2D eigenvalue weighted by Gasteiger charge is 2.17. The Labute approximate surface area is 141 Å². The van der Waals surface area contributed by atoms with Crippen LogP contribution in [0.2, 0.25) is 0 Å². The molecule has 8 heteroatoms. The zero-order valence-electron chi connectivity index (χ0n) is 12.5. The van der Waals surface area contributed by atoms with Gasteiger partial charge in [-0.2, -0.15) is 0 Å². The van der Waals surface area contributed by atoms with Crippen LogP contribution < -0.4 is 4.74 Å². The molecule has 0 bridgehead atoms. The molecule has 122 valence electrons. The number of halogens is 1. The number of rotatable bonds is 4. The first kappa shape index (κ1) is 15.1. The van der Waals surface area contributed by atoms with Crippen molar-refractivity contribution in [1.29, 1.82) is 0 Å². The van der Waals surface area contributed by atoms with Crippen LogP contribution in [-0.4, -0.2) is 27.0 Å². The fourth-order valence-corrected chi connectivity index (χ4v) is 3.21. The molecule has 3 heterocycles. The molecule has 0 radical (unpaired) electrons. The first-order valence-corrected chi connectivity index (χ1v) is 8.25. The SMILES string of the molecule is Fc1cc2c(c(CSc3n[nH]c(-c4cccnc4)n3)c1)OCOC2. The standard InChI is InChI=1S/C16H13FN4O2S/c17-13-4-11-7-22-9-23-14(11)12(5-13)8-24-16-19-15(20-21-16)10-2-1-3-18-6-10/h1-6H,7-9H2,(H,19,20,21). The zero-order chi connectivity index (χ0) is 16.4. The summed E-state index contributed by atoms with van der Waals surface area (Å²) in [5.41, 5.74) is 2.36. The fraction of sp³-hybridized carbons (Fsp3) is 0.188. The van der Waals surface area contributed by atoms with Gasteiger partial charge < -0.3 is 9.47 Å². The molecule has 1 aliphatic rings. The summed E-state index contributed by atoms with van der Waals surface area (Å²) < 4.78 is 24.4. The number of nitrogens with one attached hydrogen (secondary N) is 1. The summed E-state index contributed by atoms with van der Waals surface area (Å²) in [5, 5.41) is 7.65. The first-order chi connectivity index (χ1) is 11.8. The summed E-state index contributed by atoms with van der Waals surface area (Å²) in [4.78, 5) is 8.48. The summed E-state index contributed by atoms with van der Waals surface area (Å²) in [5.74, 6) is 1.55. The molecular formula is C16H13FN4O2S. The second kappa shape index (κ2) is 6.58. The molecular weight excluding hydrogens is 331 g/mol. The second-order valence-electron chi connectivity index (χ2n) is 5.16. The summed E-state index contributed by atoms with van der Waals surface area (Å²) in [7, 11) is 0. The molecule has 2 aromatic heterocycles. The Morgan fingerprint density at radius 3 is 3.17 bits per heavy atom. The number of thioether (sulfide) groups is 1. The van der Waals surface area contributed by atoms with Crippen molar-refractivity contribution < 1.29 is 13.9 Å². The highest BCUT2D eigenvalue weighted by molar-refractivity contribution is 7.98. The summed E-state index contributed by atoms with van der Waals surface area (Å²) in [6.07, 6.45) is 3.41. The van der Waals surface area contributed by atoms with Gasteiger partial charge >= 0.3 is 0 Å². The molecule has 3 aromatic rings. The minimum atomic E-state index is -0.301. The third kappa shape index (κ3) is 3.10. The van der Waals surface area contributed by atoms with Gasteiger partial charge in [0.1, 0.15) is 11.6 Å². The van der Waals surface area contributed by atoms with E-state index in [2.05, 4.69) is 20.2 Å². The van der Waals surface area contributed by atoms with Gasteiger partial charge in [0.2, 0.25) is 5.16 Å². The van der Waals surface area contributed by atoms with E-state index in [-0.39, 0.29) is 12.6 Å². The van der Waals surface area contributed by atoms with Crippen molar-refractivity contribution in [2.75, 3.05) is 6.79 Å². The van der Waals surface area contributed by atoms with Gasteiger partial charge in [-0.3, -0.25) is 10.1 Å². The number of hydrogen-bond acceptors (Lipinski definition) is 6. The first-order valence-electron chi connectivity index (χ1n) is 7.27. The molecule has 0 saturated carbocycles. The number of pyridine rings is 1. The summed E-state index contributed by atoms with van der Waals surface area (Å²) in [6.45, 7) is 0.540. The van der Waals surface area contributed by atoms with Gasteiger partial charge in [0.05, 0.1) is 6.61 Å². The number of benzene rings is 1. The topological polar surface area (TPSA) is 72.9 Å². The average molecular weight is 344 g/mol. The van der Waals surface area contributed by atoms with Crippen LogP contribution in [0.25, 0.3) is 11.4 Å². The van der Waals surface area contributed by atoms with Crippen molar-refractivity contribution in [1.82, 2.24) is 20.2 Å². The van der Waals surface area contributed by atoms with Gasteiger partial charge in [-0.1, -0.05) is 11.8 Å². The lowest BCUT2D eigenvalue weighted by molar-refractivity contribution is -0.0171. The van der Waals surface area contributed by atoms with E-state index in [0.717, 1.165) is 16.7 Å². The third-order valence-corrected chi connectivity index (χ3v) is 4.40. The van der Waals surface area contributed by atoms with Gasteiger partial charge in [-0.05, 0) is 24.3 Å². The maximum absolute atomic E-state index is 13.7. The van der Waals surface area contributed by atoms with Crippen molar-refractivity contribution in [2.24, 2.45) is 0 Å². The second-order valence-corrected chi connectivity index (χ2v) is 6.10. The fourth-order valence-electron chi connectivity index (χ4n) is 2.45. The van der Waals surface area contributed by atoms with Crippen molar-refractivity contribution in [3.05, 3.63) is 53.6 Å². The van der Waals surface area contributed by atoms with E-state index >= 15 is 0 Å². The largest absolute Gasteiger partial charge is 0.467 e. The van der Waals surface area contributed by atoms with Crippen LogP contribution in [0.1, 0.15) is 11.1 Å². The summed E-state index contributed by atoms with van der Waals surface area (Å²) in [6, 6.07) is 6.66. The summed E-state index contributed by atoms with van der Waals surface area (Å²) >= 11 is 1.41. The zero-order valence-corrected chi connectivity index (χ0v) is 13.3. The molecule has 0 unspecified atom stereocenters. The molecule has 24 heavy (non-hydrogen) atoms. The monoisotopic (exact) mass is 344 g/mol. The Morgan fingerprint density at radius 2 is 2.29 bits per heavy atom. The molecule has 0 saturated heterocycles. The maximum atomic E-state index is 13.7. The van der Waals surface area contributed by atoms with Crippen LogP contribution in [0, 0.1) is 5.82 Å². The predicted molar refractivity (Wildman–Crippen MR) is 85.9 cm³/mol.